The quantitative estimate of drug-likeness (QED) is 0.646. The van der Waals surface area contributed by atoms with Crippen molar-refractivity contribution in [1.29, 1.82) is 0 Å². The van der Waals surface area contributed by atoms with Crippen LogP contribution in [-0.4, -0.2) is 33.3 Å². The standard InChI is InChI=1S/C19H27N5O/c1-25-19-10-6-17(7-11-19)23-22-16-4-8-18(9-5-16)24(14-2-12-20)15-3-13-21/h4-11H,2-3,12-15,20-21H2,1H3/b23-22+. The molecule has 0 radical (unpaired) electrons. The van der Waals surface area contributed by atoms with E-state index in [2.05, 4.69) is 27.3 Å². The molecule has 0 aromatic heterocycles. The normalized spacial score (nSPS) is 11.0. The number of benzene rings is 2. The van der Waals surface area contributed by atoms with E-state index < -0.39 is 0 Å². The van der Waals surface area contributed by atoms with Crippen molar-refractivity contribution in [3.63, 3.8) is 0 Å². The van der Waals surface area contributed by atoms with E-state index in [1.165, 1.54) is 0 Å². The van der Waals surface area contributed by atoms with Crippen LogP contribution in [0.15, 0.2) is 58.8 Å². The first-order valence-electron chi connectivity index (χ1n) is 8.57. The lowest BCUT2D eigenvalue weighted by atomic mass is 10.2. The van der Waals surface area contributed by atoms with Crippen LogP contribution in [-0.2, 0) is 0 Å². The highest BCUT2D eigenvalue weighted by Gasteiger charge is 2.05. The van der Waals surface area contributed by atoms with Gasteiger partial charge >= 0.3 is 0 Å². The zero-order valence-electron chi connectivity index (χ0n) is 14.8. The van der Waals surface area contributed by atoms with Crippen molar-refractivity contribution in [1.82, 2.24) is 0 Å². The second-order valence-electron chi connectivity index (χ2n) is 5.69. The second kappa shape index (κ2) is 10.4. The van der Waals surface area contributed by atoms with Gasteiger partial charge in [-0.05, 0) is 74.5 Å². The fourth-order valence-electron chi connectivity index (χ4n) is 2.43. The van der Waals surface area contributed by atoms with Gasteiger partial charge in [-0.3, -0.25) is 0 Å². The number of nitrogens with two attached hydrogens (primary N) is 2. The Morgan fingerprint density at radius 1 is 0.800 bits per heavy atom. The van der Waals surface area contributed by atoms with Gasteiger partial charge in [-0.15, -0.1) is 0 Å². The Hall–Kier alpha value is -2.44. The van der Waals surface area contributed by atoms with Crippen LogP contribution in [0.25, 0.3) is 0 Å². The van der Waals surface area contributed by atoms with Gasteiger partial charge in [-0.1, -0.05) is 0 Å². The van der Waals surface area contributed by atoms with E-state index >= 15 is 0 Å². The highest BCUT2D eigenvalue weighted by Crippen LogP contribution is 2.23. The predicted molar refractivity (Wildman–Crippen MR) is 103 cm³/mol. The van der Waals surface area contributed by atoms with Crippen LogP contribution in [0, 0.1) is 0 Å². The molecule has 0 aliphatic rings. The number of ether oxygens (including phenoxy) is 1. The number of rotatable bonds is 10. The number of hydrogen-bond acceptors (Lipinski definition) is 6. The molecule has 0 aliphatic heterocycles. The molecule has 0 heterocycles. The molecule has 0 amide bonds. The molecule has 6 heteroatoms. The van der Waals surface area contributed by atoms with Crippen molar-refractivity contribution < 1.29 is 4.74 Å². The average molecular weight is 341 g/mol. The van der Waals surface area contributed by atoms with Crippen LogP contribution in [0.4, 0.5) is 17.1 Å². The maximum Gasteiger partial charge on any atom is 0.119 e. The first-order valence-corrected chi connectivity index (χ1v) is 8.57. The Bertz CT molecular complexity index is 632. The van der Waals surface area contributed by atoms with Crippen LogP contribution in [0.5, 0.6) is 5.75 Å². The van der Waals surface area contributed by atoms with Gasteiger partial charge in [-0.2, -0.15) is 10.2 Å². The van der Waals surface area contributed by atoms with Crippen LogP contribution in [0.2, 0.25) is 0 Å². The van der Waals surface area contributed by atoms with Crippen LogP contribution in [0.1, 0.15) is 12.8 Å². The van der Waals surface area contributed by atoms with E-state index in [0.29, 0.717) is 13.1 Å². The minimum absolute atomic E-state index is 0.688. The zero-order valence-corrected chi connectivity index (χ0v) is 14.8. The van der Waals surface area contributed by atoms with Gasteiger partial charge in [0.15, 0.2) is 0 Å². The van der Waals surface area contributed by atoms with Gasteiger partial charge in [-0.25, -0.2) is 0 Å². The summed E-state index contributed by atoms with van der Waals surface area (Å²) >= 11 is 0. The van der Waals surface area contributed by atoms with Gasteiger partial charge in [0.25, 0.3) is 0 Å². The van der Waals surface area contributed by atoms with Crippen LogP contribution in [0.3, 0.4) is 0 Å². The first kappa shape index (κ1) is 18.9. The highest BCUT2D eigenvalue weighted by atomic mass is 16.5. The molecule has 2 aromatic carbocycles. The van der Waals surface area contributed by atoms with E-state index in [-0.39, 0.29) is 0 Å². The maximum absolute atomic E-state index is 5.63. The molecule has 0 bridgehead atoms. The van der Waals surface area contributed by atoms with Crippen molar-refractivity contribution in [3.05, 3.63) is 48.5 Å². The number of hydrogen-bond donors (Lipinski definition) is 2. The molecular weight excluding hydrogens is 314 g/mol. The third kappa shape index (κ3) is 6.17. The minimum atomic E-state index is 0.688. The van der Waals surface area contributed by atoms with Crippen molar-refractivity contribution >= 4 is 17.1 Å². The van der Waals surface area contributed by atoms with Crippen molar-refractivity contribution in [2.45, 2.75) is 12.8 Å². The molecule has 0 saturated carbocycles. The molecule has 0 aliphatic carbocycles. The van der Waals surface area contributed by atoms with E-state index in [1.807, 2.05) is 36.4 Å². The van der Waals surface area contributed by atoms with E-state index in [9.17, 15) is 0 Å². The van der Waals surface area contributed by atoms with Crippen molar-refractivity contribution in [2.75, 3.05) is 38.2 Å². The maximum atomic E-state index is 5.63. The molecule has 25 heavy (non-hydrogen) atoms. The number of azo groups is 1. The SMILES string of the molecule is COc1ccc(/N=N/c2ccc(N(CCCN)CCCN)cc2)cc1. The van der Waals surface area contributed by atoms with E-state index in [0.717, 1.165) is 48.7 Å². The largest absolute Gasteiger partial charge is 0.497 e. The van der Waals surface area contributed by atoms with E-state index in [1.54, 1.807) is 7.11 Å². The smallest absolute Gasteiger partial charge is 0.119 e. The number of nitrogens with zero attached hydrogens (tertiary/aromatic N) is 3. The summed E-state index contributed by atoms with van der Waals surface area (Å²) in [6.07, 6.45) is 1.92. The molecule has 0 atom stereocenters. The van der Waals surface area contributed by atoms with Gasteiger partial charge in [0.1, 0.15) is 5.75 Å². The zero-order chi connectivity index (χ0) is 17.9. The van der Waals surface area contributed by atoms with E-state index in [4.69, 9.17) is 16.2 Å². The fraction of sp³-hybridized carbons (Fsp3) is 0.368. The number of anilines is 1. The summed E-state index contributed by atoms with van der Waals surface area (Å²) in [5.41, 5.74) is 14.0. The Morgan fingerprint density at radius 3 is 1.72 bits per heavy atom. The monoisotopic (exact) mass is 341 g/mol. The lowest BCUT2D eigenvalue weighted by Gasteiger charge is -2.24. The Balaban J connectivity index is 2.02. The topological polar surface area (TPSA) is 89.2 Å². The molecule has 2 rings (SSSR count). The lowest BCUT2D eigenvalue weighted by Crippen LogP contribution is -2.28. The summed E-state index contributed by atoms with van der Waals surface area (Å²) < 4.78 is 5.13. The molecule has 4 N–H and O–H groups in total. The van der Waals surface area contributed by atoms with Crippen LogP contribution >= 0.6 is 0 Å². The molecule has 0 saturated heterocycles. The third-order valence-corrected chi connectivity index (χ3v) is 3.83. The Kier molecular flexibility index (Phi) is 7.88. The average Bonchev–Trinajstić information content (AvgIpc) is 2.67. The summed E-state index contributed by atoms with van der Waals surface area (Å²) in [6, 6.07) is 15.6. The minimum Gasteiger partial charge on any atom is -0.497 e. The van der Waals surface area contributed by atoms with Crippen LogP contribution < -0.4 is 21.1 Å². The molecular formula is C19H27N5O. The van der Waals surface area contributed by atoms with Gasteiger partial charge in [0, 0.05) is 18.8 Å². The van der Waals surface area contributed by atoms with Gasteiger partial charge < -0.3 is 21.1 Å². The first-order chi connectivity index (χ1) is 12.3. The predicted octanol–water partition coefficient (Wildman–Crippen LogP) is 3.61. The molecule has 6 nitrogen and oxygen atoms in total. The lowest BCUT2D eigenvalue weighted by molar-refractivity contribution is 0.415. The second-order valence-corrected chi connectivity index (χ2v) is 5.69. The Morgan fingerprint density at radius 2 is 1.28 bits per heavy atom. The van der Waals surface area contributed by atoms with Gasteiger partial charge in [0.2, 0.25) is 0 Å². The molecule has 0 spiro atoms. The summed E-state index contributed by atoms with van der Waals surface area (Å²) in [5.74, 6) is 0.804. The Labute approximate surface area is 149 Å². The molecule has 0 fully saturated rings. The third-order valence-electron chi connectivity index (χ3n) is 3.83. The van der Waals surface area contributed by atoms with Crippen molar-refractivity contribution in [2.24, 2.45) is 21.7 Å². The van der Waals surface area contributed by atoms with Crippen molar-refractivity contribution in [3.8, 4) is 5.75 Å². The number of methoxy groups -OCH3 is 1. The van der Waals surface area contributed by atoms with Gasteiger partial charge in [0.05, 0.1) is 18.5 Å². The fourth-order valence-corrected chi connectivity index (χ4v) is 2.43. The summed E-state index contributed by atoms with van der Waals surface area (Å²) in [4.78, 5) is 2.31. The summed E-state index contributed by atoms with van der Waals surface area (Å²) in [6.45, 7) is 3.24. The molecule has 134 valence electrons. The highest BCUT2D eigenvalue weighted by molar-refractivity contribution is 5.53. The molecule has 2 aromatic rings. The molecule has 0 unspecified atom stereocenters. The summed E-state index contributed by atoms with van der Waals surface area (Å²) in [7, 11) is 1.64. The summed E-state index contributed by atoms with van der Waals surface area (Å²) in [5, 5.41) is 8.53.